The smallest absolute Gasteiger partial charge is 0.345 e. The van der Waals surface area contributed by atoms with Gasteiger partial charge in [0.2, 0.25) is 0 Å². The van der Waals surface area contributed by atoms with E-state index in [-0.39, 0.29) is 6.10 Å². The van der Waals surface area contributed by atoms with Gasteiger partial charge < -0.3 is 10.2 Å². The average molecular weight is 491 g/mol. The van der Waals surface area contributed by atoms with E-state index in [1.807, 2.05) is 6.07 Å². The van der Waals surface area contributed by atoms with Crippen molar-refractivity contribution in [2.45, 2.75) is 70.3 Å². The molecule has 1 aromatic heterocycles. The molecule has 0 saturated heterocycles. The molecule has 2 N–H and O–H groups in total. The number of rotatable bonds is 11. The molecule has 1 heterocycles. The molecule has 3 atom stereocenters. The summed E-state index contributed by atoms with van der Waals surface area (Å²) in [7, 11) is 0. The highest BCUT2D eigenvalue weighted by molar-refractivity contribution is 9.11. The molecule has 1 aliphatic carbocycles. The lowest BCUT2D eigenvalue weighted by Crippen LogP contribution is -2.09. The first-order chi connectivity index (χ1) is 14.5. The minimum Gasteiger partial charge on any atom is -0.477 e. The van der Waals surface area contributed by atoms with E-state index >= 15 is 0 Å². The molecule has 0 bridgehead atoms. The van der Waals surface area contributed by atoms with Crippen LogP contribution in [0.3, 0.4) is 0 Å². The number of carboxylic acids is 1. The van der Waals surface area contributed by atoms with Gasteiger partial charge in [0.1, 0.15) is 4.88 Å². The van der Waals surface area contributed by atoms with Crippen LogP contribution < -0.4 is 0 Å². The minimum atomic E-state index is -0.839. The second-order valence-electron chi connectivity index (χ2n) is 8.20. The molecule has 3 rings (SSSR count). The molecule has 0 spiro atoms. The van der Waals surface area contributed by atoms with Crippen molar-refractivity contribution < 1.29 is 15.0 Å². The van der Waals surface area contributed by atoms with Gasteiger partial charge in [-0.15, -0.1) is 11.3 Å². The molecule has 1 aliphatic rings. The number of carbonyl (C=O) groups is 1. The lowest BCUT2D eigenvalue weighted by Gasteiger charge is -2.22. The SMILES string of the molecule is CCCCCC(O)c1ccc(C2C(Br)=CCC2CCCc2ccc(C(=O)O)s2)cc1. The Kier molecular flexibility index (Phi) is 8.72. The number of benzene rings is 1. The Balaban J connectivity index is 1.56. The summed E-state index contributed by atoms with van der Waals surface area (Å²) in [6.07, 6.45) is 10.3. The number of halogens is 1. The molecule has 1 aromatic carbocycles. The van der Waals surface area contributed by atoms with Crippen LogP contribution in [0.25, 0.3) is 0 Å². The maximum absolute atomic E-state index is 11.0. The van der Waals surface area contributed by atoms with Crippen molar-refractivity contribution in [1.82, 2.24) is 0 Å². The first-order valence-corrected chi connectivity index (χ1v) is 12.6. The van der Waals surface area contributed by atoms with Crippen molar-refractivity contribution in [3.05, 3.63) is 67.8 Å². The van der Waals surface area contributed by atoms with Crippen molar-refractivity contribution in [3.63, 3.8) is 0 Å². The molecule has 0 fully saturated rings. The van der Waals surface area contributed by atoms with Crippen molar-refractivity contribution in [2.24, 2.45) is 5.92 Å². The summed E-state index contributed by atoms with van der Waals surface area (Å²) < 4.78 is 1.26. The van der Waals surface area contributed by atoms with Gasteiger partial charge in [-0.25, -0.2) is 4.79 Å². The first-order valence-electron chi connectivity index (χ1n) is 10.9. The van der Waals surface area contributed by atoms with Gasteiger partial charge in [-0.05, 0) is 65.8 Å². The van der Waals surface area contributed by atoms with E-state index in [2.05, 4.69) is 53.2 Å². The number of allylic oxidation sites excluding steroid dienone is 2. The second kappa shape index (κ2) is 11.3. The second-order valence-corrected chi connectivity index (χ2v) is 10.3. The third kappa shape index (κ3) is 6.05. The van der Waals surface area contributed by atoms with Gasteiger partial charge in [-0.1, -0.05) is 72.5 Å². The highest BCUT2D eigenvalue weighted by Crippen LogP contribution is 2.45. The highest BCUT2D eigenvalue weighted by Gasteiger charge is 2.29. The number of aromatic carboxylic acids is 1. The van der Waals surface area contributed by atoms with Crippen molar-refractivity contribution >= 4 is 33.2 Å². The largest absolute Gasteiger partial charge is 0.477 e. The normalized spacial score (nSPS) is 19.6. The Hall–Kier alpha value is -1.43. The number of carboxylic acid groups (broad SMARTS) is 1. The predicted molar refractivity (Wildman–Crippen MR) is 128 cm³/mol. The van der Waals surface area contributed by atoms with Gasteiger partial charge in [-0.3, -0.25) is 0 Å². The third-order valence-corrected chi connectivity index (χ3v) is 7.97. The number of hydrogen-bond acceptors (Lipinski definition) is 3. The van der Waals surface area contributed by atoms with E-state index in [0.717, 1.165) is 49.0 Å². The molecule has 3 unspecified atom stereocenters. The Morgan fingerprint density at radius 3 is 2.60 bits per heavy atom. The molecule has 5 heteroatoms. The average Bonchev–Trinajstić information content (AvgIpc) is 3.35. The minimum absolute atomic E-state index is 0.370. The molecular formula is C25H31BrO3S. The van der Waals surface area contributed by atoms with Gasteiger partial charge in [-0.2, -0.15) is 0 Å². The number of aryl methyl sites for hydroxylation is 1. The Morgan fingerprint density at radius 2 is 1.93 bits per heavy atom. The van der Waals surface area contributed by atoms with Crippen LogP contribution in [-0.4, -0.2) is 16.2 Å². The fourth-order valence-electron chi connectivity index (χ4n) is 4.31. The summed E-state index contributed by atoms with van der Waals surface area (Å²) >= 11 is 5.16. The molecule has 0 radical (unpaired) electrons. The van der Waals surface area contributed by atoms with Crippen LogP contribution in [0, 0.1) is 5.92 Å². The molecule has 0 aliphatic heterocycles. The van der Waals surface area contributed by atoms with Crippen LogP contribution in [0.4, 0.5) is 0 Å². The maximum Gasteiger partial charge on any atom is 0.345 e. The van der Waals surface area contributed by atoms with Crippen molar-refractivity contribution in [2.75, 3.05) is 0 Å². The number of unbranched alkanes of at least 4 members (excludes halogenated alkanes) is 2. The fraction of sp³-hybridized carbons (Fsp3) is 0.480. The third-order valence-electron chi connectivity index (χ3n) is 6.02. The molecule has 162 valence electrons. The van der Waals surface area contributed by atoms with Crippen LogP contribution >= 0.6 is 27.3 Å². The van der Waals surface area contributed by atoms with Crippen LogP contribution in [-0.2, 0) is 6.42 Å². The van der Waals surface area contributed by atoms with Gasteiger partial charge in [0, 0.05) is 10.8 Å². The summed E-state index contributed by atoms with van der Waals surface area (Å²) in [6, 6.07) is 12.2. The van der Waals surface area contributed by atoms with Gasteiger partial charge in [0.15, 0.2) is 0 Å². The Labute approximate surface area is 192 Å². The van der Waals surface area contributed by atoms with Crippen LogP contribution in [0.5, 0.6) is 0 Å². The number of aliphatic hydroxyl groups excluding tert-OH is 1. The quantitative estimate of drug-likeness (QED) is 0.321. The predicted octanol–water partition coefficient (Wildman–Crippen LogP) is 7.47. The number of hydrogen-bond donors (Lipinski definition) is 2. The van der Waals surface area contributed by atoms with E-state index in [4.69, 9.17) is 5.11 Å². The Bertz CT molecular complexity index is 856. The summed E-state index contributed by atoms with van der Waals surface area (Å²) in [5.74, 6) is 0.0852. The lowest BCUT2D eigenvalue weighted by molar-refractivity contribution is 0.0702. The first kappa shape index (κ1) is 23.2. The standard InChI is InChI=1S/C25H31BrO3S/c1-2-3-4-8-22(27)17-9-11-19(12-10-17)24-18(13-15-21(24)26)6-5-7-20-14-16-23(30-20)25(28)29/h9-12,14-16,18,22,24,27H,2-8,13H2,1H3,(H,28,29). The van der Waals surface area contributed by atoms with E-state index in [0.29, 0.717) is 16.7 Å². The summed E-state index contributed by atoms with van der Waals surface area (Å²) in [4.78, 5) is 12.6. The maximum atomic E-state index is 11.0. The van der Waals surface area contributed by atoms with Crippen LogP contribution in [0.15, 0.2) is 47.0 Å². The zero-order chi connectivity index (χ0) is 21.5. The molecule has 30 heavy (non-hydrogen) atoms. The van der Waals surface area contributed by atoms with E-state index in [1.54, 1.807) is 6.07 Å². The molecule has 0 amide bonds. The monoisotopic (exact) mass is 490 g/mol. The number of thiophene rings is 1. The Morgan fingerprint density at radius 1 is 1.17 bits per heavy atom. The molecule has 3 nitrogen and oxygen atoms in total. The fourth-order valence-corrected chi connectivity index (χ4v) is 6.03. The molecule has 0 saturated carbocycles. The summed E-state index contributed by atoms with van der Waals surface area (Å²) in [5, 5.41) is 19.5. The van der Waals surface area contributed by atoms with E-state index in [1.165, 1.54) is 34.2 Å². The highest BCUT2D eigenvalue weighted by atomic mass is 79.9. The van der Waals surface area contributed by atoms with Gasteiger partial charge >= 0.3 is 5.97 Å². The topological polar surface area (TPSA) is 57.5 Å². The van der Waals surface area contributed by atoms with E-state index in [9.17, 15) is 9.90 Å². The van der Waals surface area contributed by atoms with Gasteiger partial charge in [0.25, 0.3) is 0 Å². The van der Waals surface area contributed by atoms with Crippen molar-refractivity contribution in [1.29, 1.82) is 0 Å². The van der Waals surface area contributed by atoms with E-state index < -0.39 is 5.97 Å². The summed E-state index contributed by atoms with van der Waals surface area (Å²) in [6.45, 7) is 2.18. The van der Waals surface area contributed by atoms with Crippen LogP contribution in [0.2, 0.25) is 0 Å². The summed E-state index contributed by atoms with van der Waals surface area (Å²) in [5.41, 5.74) is 2.31. The lowest BCUT2D eigenvalue weighted by atomic mass is 9.84. The molecule has 2 aromatic rings. The van der Waals surface area contributed by atoms with Crippen LogP contribution in [0.1, 0.15) is 89.6 Å². The van der Waals surface area contributed by atoms with Crippen molar-refractivity contribution in [3.8, 4) is 0 Å². The zero-order valence-corrected chi connectivity index (χ0v) is 19.9. The van der Waals surface area contributed by atoms with Gasteiger partial charge in [0.05, 0.1) is 6.10 Å². The molecular weight excluding hydrogens is 460 g/mol. The number of aliphatic hydroxyl groups is 1. The zero-order valence-electron chi connectivity index (χ0n) is 17.5.